The molecular weight excluding hydrogens is 1030 g/mol. The van der Waals surface area contributed by atoms with Crippen molar-refractivity contribution in [2.24, 2.45) is 0 Å². The third-order valence-corrected chi connectivity index (χ3v) is 17.4. The zero-order valence-electron chi connectivity index (χ0n) is 45.9. The molecule has 13 aromatic carbocycles. The van der Waals surface area contributed by atoms with E-state index in [2.05, 4.69) is 170 Å². The molecule has 6 nitrogen and oxygen atoms in total. The maximum atomic E-state index is 5.07. The van der Waals surface area contributed by atoms with Gasteiger partial charge in [0.15, 0.2) is 34.9 Å². The number of hydrogen-bond donors (Lipinski definition) is 0. The smallest absolute Gasteiger partial charge is 0.164 e. The molecule has 15 aromatic rings. The van der Waals surface area contributed by atoms with Crippen LogP contribution in [-0.4, -0.2) is 29.9 Å². The molecule has 1 spiro atoms. The van der Waals surface area contributed by atoms with Crippen molar-refractivity contribution < 1.29 is 0 Å². The van der Waals surface area contributed by atoms with Gasteiger partial charge in [0.05, 0.1) is 5.41 Å². The summed E-state index contributed by atoms with van der Waals surface area (Å²) in [7, 11) is 0. The van der Waals surface area contributed by atoms with Gasteiger partial charge in [-0.3, -0.25) is 0 Å². The van der Waals surface area contributed by atoms with Gasteiger partial charge in [0, 0.05) is 33.4 Å². The second kappa shape index (κ2) is 19.4. The molecule has 0 fully saturated rings. The highest BCUT2D eigenvalue weighted by atomic mass is 15.0. The van der Waals surface area contributed by atoms with Gasteiger partial charge in [-0.2, -0.15) is 0 Å². The molecule has 0 bridgehead atoms. The van der Waals surface area contributed by atoms with Crippen molar-refractivity contribution in [1.29, 1.82) is 0 Å². The highest BCUT2D eigenvalue weighted by molar-refractivity contribution is 6.26. The van der Waals surface area contributed by atoms with Crippen LogP contribution in [0.5, 0.6) is 0 Å². The summed E-state index contributed by atoms with van der Waals surface area (Å²) < 4.78 is 0. The van der Waals surface area contributed by atoms with E-state index in [0.29, 0.717) is 34.9 Å². The summed E-state index contributed by atoms with van der Waals surface area (Å²) in [5, 5.41) is 7.51. The van der Waals surface area contributed by atoms with E-state index in [1.54, 1.807) is 0 Å². The summed E-state index contributed by atoms with van der Waals surface area (Å²) >= 11 is 0. The van der Waals surface area contributed by atoms with Gasteiger partial charge in [0.1, 0.15) is 0 Å². The maximum absolute atomic E-state index is 5.07. The first-order valence-corrected chi connectivity index (χ1v) is 28.8. The van der Waals surface area contributed by atoms with Crippen LogP contribution in [0.4, 0.5) is 0 Å². The summed E-state index contributed by atoms with van der Waals surface area (Å²) in [6, 6.07) is 104. The highest BCUT2D eigenvalue weighted by Crippen LogP contribution is 2.66. The standard InChI is InChI=1S/C79H48N6/c1-5-20-52(21-6-1)73-80-74(53-22-7-2-8-23-53)83-77(82-73)56-37-33-49(34-38-56)58-42-44-62-63-45-43-59(50-35-39-57(40-36-50)78-84-75(54-24-9-3-10-25-54)81-76(85-78)55-26-11-4-12-27-55)48-69(63)79(68(62)47-58)67-32-18-17-31-66(67)71-64-30-16-15-29-61(64)65-46-41-51-19-13-14-28-60(51)70(65)72(71)79/h1-48H. The Morgan fingerprint density at radius 1 is 0.212 bits per heavy atom. The first-order chi connectivity index (χ1) is 42.1. The van der Waals surface area contributed by atoms with Gasteiger partial charge < -0.3 is 0 Å². The average molecular weight is 1080 g/mol. The molecule has 6 heteroatoms. The molecule has 2 aliphatic carbocycles. The van der Waals surface area contributed by atoms with Crippen molar-refractivity contribution in [1.82, 2.24) is 29.9 Å². The molecule has 2 aromatic heterocycles. The van der Waals surface area contributed by atoms with Gasteiger partial charge in [-0.25, -0.2) is 29.9 Å². The lowest BCUT2D eigenvalue weighted by molar-refractivity contribution is 0.803. The van der Waals surface area contributed by atoms with Crippen LogP contribution in [-0.2, 0) is 5.41 Å². The Hall–Kier alpha value is -11.3. The third kappa shape index (κ3) is 7.73. The van der Waals surface area contributed by atoms with Crippen LogP contribution < -0.4 is 0 Å². The molecule has 2 aliphatic rings. The van der Waals surface area contributed by atoms with E-state index in [9.17, 15) is 0 Å². The zero-order valence-corrected chi connectivity index (χ0v) is 45.9. The second-order valence-electron chi connectivity index (χ2n) is 22.1. The summed E-state index contributed by atoms with van der Waals surface area (Å²) in [6.07, 6.45) is 0. The number of fused-ring (bicyclic) bond motifs is 17. The van der Waals surface area contributed by atoms with Gasteiger partial charge >= 0.3 is 0 Å². The van der Waals surface area contributed by atoms with E-state index in [-0.39, 0.29) is 0 Å². The van der Waals surface area contributed by atoms with Crippen molar-refractivity contribution in [2.45, 2.75) is 5.41 Å². The predicted molar refractivity (Wildman–Crippen MR) is 346 cm³/mol. The van der Waals surface area contributed by atoms with Gasteiger partial charge in [0.25, 0.3) is 0 Å². The fourth-order valence-electron chi connectivity index (χ4n) is 13.5. The zero-order chi connectivity index (χ0) is 56.0. The molecule has 0 N–H and O–H groups in total. The minimum absolute atomic E-state index is 0.624. The van der Waals surface area contributed by atoms with Crippen molar-refractivity contribution in [3.63, 3.8) is 0 Å². The second-order valence-corrected chi connectivity index (χ2v) is 22.1. The Kier molecular flexibility index (Phi) is 11.0. The molecule has 17 rings (SSSR count). The summed E-state index contributed by atoms with van der Waals surface area (Å²) in [4.78, 5) is 30.2. The van der Waals surface area contributed by atoms with Crippen molar-refractivity contribution in [3.8, 4) is 113 Å². The molecule has 0 aliphatic heterocycles. The molecule has 0 amide bonds. The van der Waals surface area contributed by atoms with Crippen LogP contribution in [0.3, 0.4) is 0 Å². The lowest BCUT2D eigenvalue weighted by Gasteiger charge is -2.33. The molecular formula is C79H48N6. The van der Waals surface area contributed by atoms with Crippen LogP contribution in [0.1, 0.15) is 22.3 Å². The molecule has 0 radical (unpaired) electrons. The predicted octanol–water partition coefficient (Wildman–Crippen LogP) is 19.2. The fraction of sp³-hybridized carbons (Fsp3) is 0.0127. The van der Waals surface area contributed by atoms with Crippen molar-refractivity contribution in [3.05, 3.63) is 313 Å². The maximum Gasteiger partial charge on any atom is 0.164 e. The molecule has 0 saturated heterocycles. The summed E-state index contributed by atoms with van der Waals surface area (Å²) in [5.41, 5.74) is 19.5. The topological polar surface area (TPSA) is 77.3 Å². The Bertz CT molecular complexity index is 4810. The minimum atomic E-state index is -0.714. The molecule has 85 heavy (non-hydrogen) atoms. The van der Waals surface area contributed by atoms with E-state index in [1.807, 2.05) is 121 Å². The van der Waals surface area contributed by atoms with E-state index in [0.717, 1.165) is 55.6 Å². The SMILES string of the molecule is c1ccc(-c2nc(-c3ccccc3)nc(-c3ccc(-c4ccc5c(c4)C4(c6cc(-c7ccc(-c8nc(-c9ccccc9)nc(-c9ccccc9)n8)cc7)ccc6-5)c5ccccc5-c5c4c4c6ccccc6ccc4c4ccccc54)cc3)n2)cc1. The molecule has 2 heterocycles. The Labute approximate surface area is 491 Å². The van der Waals surface area contributed by atoms with Crippen LogP contribution in [0, 0.1) is 0 Å². The Balaban J connectivity index is 0.854. The Morgan fingerprint density at radius 3 is 1.02 bits per heavy atom. The van der Waals surface area contributed by atoms with Gasteiger partial charge in [-0.15, -0.1) is 0 Å². The Morgan fingerprint density at radius 2 is 0.565 bits per heavy atom. The first-order valence-electron chi connectivity index (χ1n) is 28.8. The number of rotatable bonds is 8. The number of benzene rings is 13. The monoisotopic (exact) mass is 1080 g/mol. The van der Waals surface area contributed by atoms with E-state index >= 15 is 0 Å². The van der Waals surface area contributed by atoms with Gasteiger partial charge in [-0.05, 0) is 111 Å². The van der Waals surface area contributed by atoms with Crippen molar-refractivity contribution in [2.75, 3.05) is 0 Å². The quantitative estimate of drug-likeness (QED) is 0.141. The van der Waals surface area contributed by atoms with Gasteiger partial charge in [0.2, 0.25) is 0 Å². The normalized spacial score (nSPS) is 12.6. The molecule has 0 unspecified atom stereocenters. The third-order valence-electron chi connectivity index (χ3n) is 17.4. The first kappa shape index (κ1) is 48.4. The lowest BCUT2D eigenvalue weighted by atomic mass is 9.68. The van der Waals surface area contributed by atoms with Crippen LogP contribution >= 0.6 is 0 Å². The summed E-state index contributed by atoms with van der Waals surface area (Å²) in [6.45, 7) is 0. The molecule has 394 valence electrons. The van der Waals surface area contributed by atoms with Crippen molar-refractivity contribution >= 4 is 32.3 Å². The number of nitrogens with zero attached hydrogens (tertiary/aromatic N) is 6. The lowest BCUT2D eigenvalue weighted by Crippen LogP contribution is -2.26. The largest absolute Gasteiger partial charge is 0.208 e. The highest BCUT2D eigenvalue weighted by Gasteiger charge is 2.53. The van der Waals surface area contributed by atoms with Crippen LogP contribution in [0.15, 0.2) is 291 Å². The minimum Gasteiger partial charge on any atom is -0.208 e. The number of hydrogen-bond acceptors (Lipinski definition) is 6. The van der Waals surface area contributed by atoms with Gasteiger partial charge in [-0.1, -0.05) is 279 Å². The van der Waals surface area contributed by atoms with E-state index in [1.165, 1.54) is 76.8 Å². The summed E-state index contributed by atoms with van der Waals surface area (Å²) in [5.74, 6) is 3.79. The van der Waals surface area contributed by atoms with E-state index < -0.39 is 5.41 Å². The number of aromatic nitrogens is 6. The molecule has 0 saturated carbocycles. The van der Waals surface area contributed by atoms with Crippen LogP contribution in [0.25, 0.3) is 145 Å². The van der Waals surface area contributed by atoms with E-state index in [4.69, 9.17) is 29.9 Å². The average Bonchev–Trinajstić information content (AvgIpc) is 2.22. The van der Waals surface area contributed by atoms with Crippen LogP contribution in [0.2, 0.25) is 0 Å². The molecule has 0 atom stereocenters. The fourth-order valence-corrected chi connectivity index (χ4v) is 13.5.